The predicted octanol–water partition coefficient (Wildman–Crippen LogP) is 1.52. The van der Waals surface area contributed by atoms with Crippen LogP contribution in [0.1, 0.15) is 42.8 Å². The summed E-state index contributed by atoms with van der Waals surface area (Å²) in [5, 5.41) is 8.76. The van der Waals surface area contributed by atoms with Crippen LogP contribution in [0.25, 0.3) is 0 Å². The van der Waals surface area contributed by atoms with Crippen LogP contribution in [0.3, 0.4) is 0 Å². The van der Waals surface area contributed by atoms with Gasteiger partial charge in [0.05, 0.1) is 17.1 Å². The van der Waals surface area contributed by atoms with Crippen molar-refractivity contribution in [3.05, 3.63) is 29.5 Å². The molecule has 2 aliphatic rings. The summed E-state index contributed by atoms with van der Waals surface area (Å²) in [6, 6.07) is 0.368. The number of hydrogen-bond acceptors (Lipinski definition) is 7. The fourth-order valence-electron chi connectivity index (χ4n) is 4.26. The van der Waals surface area contributed by atoms with Crippen LogP contribution in [0.2, 0.25) is 0 Å². The molecule has 0 unspecified atom stereocenters. The number of likely N-dealkylation sites (tertiary alicyclic amines) is 1. The molecule has 0 bridgehead atoms. The van der Waals surface area contributed by atoms with Gasteiger partial charge in [-0.1, -0.05) is 5.21 Å². The molecule has 2 aliphatic heterocycles. The van der Waals surface area contributed by atoms with Gasteiger partial charge in [0.2, 0.25) is 0 Å². The van der Waals surface area contributed by atoms with Crippen molar-refractivity contribution in [2.45, 2.75) is 58.7 Å². The Hall–Kier alpha value is -2.06. The van der Waals surface area contributed by atoms with Crippen molar-refractivity contribution >= 4 is 5.82 Å². The SMILES string of the molecule is Cc1cnc(C)c(N2CCC(Cn3cc(CN4CCC(N)CC4)nn3)CC2)n1. The van der Waals surface area contributed by atoms with Crippen molar-refractivity contribution in [1.29, 1.82) is 0 Å². The lowest BCUT2D eigenvalue weighted by Crippen LogP contribution is -2.39. The van der Waals surface area contributed by atoms with Crippen LogP contribution >= 0.6 is 0 Å². The number of hydrogen-bond donors (Lipinski definition) is 1. The van der Waals surface area contributed by atoms with E-state index < -0.39 is 0 Å². The summed E-state index contributed by atoms with van der Waals surface area (Å²) in [5.74, 6) is 1.68. The fraction of sp³-hybridized carbons (Fsp3) is 0.700. The number of rotatable bonds is 5. The van der Waals surface area contributed by atoms with Gasteiger partial charge in [-0.15, -0.1) is 5.10 Å². The van der Waals surface area contributed by atoms with E-state index in [1.165, 1.54) is 0 Å². The molecule has 152 valence electrons. The summed E-state index contributed by atoms with van der Waals surface area (Å²) in [6.07, 6.45) is 8.42. The zero-order valence-corrected chi connectivity index (χ0v) is 17.1. The van der Waals surface area contributed by atoms with E-state index in [-0.39, 0.29) is 0 Å². The van der Waals surface area contributed by atoms with Crippen LogP contribution in [-0.2, 0) is 13.1 Å². The molecule has 28 heavy (non-hydrogen) atoms. The molecule has 2 aromatic heterocycles. The van der Waals surface area contributed by atoms with Gasteiger partial charge < -0.3 is 10.6 Å². The molecule has 2 saturated heterocycles. The lowest BCUT2D eigenvalue weighted by Gasteiger charge is -2.33. The molecule has 0 aromatic carbocycles. The average Bonchev–Trinajstić information content (AvgIpc) is 3.13. The van der Waals surface area contributed by atoms with Crippen LogP contribution in [0.15, 0.2) is 12.4 Å². The number of aryl methyl sites for hydroxylation is 2. The molecular weight excluding hydrogens is 352 g/mol. The minimum Gasteiger partial charge on any atom is -0.355 e. The summed E-state index contributed by atoms with van der Waals surface area (Å²) in [6.45, 7) is 10.1. The Morgan fingerprint density at radius 1 is 1.07 bits per heavy atom. The van der Waals surface area contributed by atoms with E-state index in [9.17, 15) is 0 Å². The Morgan fingerprint density at radius 2 is 1.82 bits per heavy atom. The maximum Gasteiger partial charge on any atom is 0.150 e. The zero-order chi connectivity index (χ0) is 19.5. The summed E-state index contributed by atoms with van der Waals surface area (Å²) in [7, 11) is 0. The van der Waals surface area contributed by atoms with E-state index in [2.05, 4.69) is 31.3 Å². The molecule has 4 rings (SSSR count). The van der Waals surface area contributed by atoms with Crippen molar-refractivity contribution in [1.82, 2.24) is 29.9 Å². The highest BCUT2D eigenvalue weighted by Gasteiger charge is 2.23. The Balaban J connectivity index is 1.27. The van der Waals surface area contributed by atoms with Crippen molar-refractivity contribution in [2.75, 3.05) is 31.1 Å². The molecule has 2 aromatic rings. The molecule has 0 saturated carbocycles. The Bertz CT molecular complexity index is 772. The second-order valence-electron chi connectivity index (χ2n) is 8.40. The highest BCUT2D eigenvalue weighted by atomic mass is 15.4. The van der Waals surface area contributed by atoms with Gasteiger partial charge in [-0.05, 0) is 45.4 Å². The fourth-order valence-corrected chi connectivity index (χ4v) is 4.26. The predicted molar refractivity (Wildman–Crippen MR) is 109 cm³/mol. The van der Waals surface area contributed by atoms with Gasteiger partial charge in [0.25, 0.3) is 0 Å². The molecule has 0 spiro atoms. The minimum absolute atomic E-state index is 0.368. The van der Waals surface area contributed by atoms with Crippen molar-refractivity contribution in [3.63, 3.8) is 0 Å². The van der Waals surface area contributed by atoms with Crippen LogP contribution in [0.5, 0.6) is 0 Å². The highest BCUT2D eigenvalue weighted by molar-refractivity contribution is 5.43. The molecule has 4 heterocycles. The zero-order valence-electron chi connectivity index (χ0n) is 17.1. The number of piperidine rings is 2. The molecular formula is C20H32N8. The van der Waals surface area contributed by atoms with Gasteiger partial charge in [-0.25, -0.2) is 4.98 Å². The third-order valence-corrected chi connectivity index (χ3v) is 6.01. The van der Waals surface area contributed by atoms with Crippen molar-refractivity contribution in [3.8, 4) is 0 Å². The van der Waals surface area contributed by atoms with Gasteiger partial charge >= 0.3 is 0 Å². The monoisotopic (exact) mass is 384 g/mol. The van der Waals surface area contributed by atoms with E-state index in [1.54, 1.807) is 0 Å². The Kier molecular flexibility index (Phi) is 5.87. The van der Waals surface area contributed by atoms with Crippen LogP contribution in [0.4, 0.5) is 5.82 Å². The molecule has 2 N–H and O–H groups in total. The quantitative estimate of drug-likeness (QED) is 0.836. The van der Waals surface area contributed by atoms with E-state index >= 15 is 0 Å². The molecule has 2 fully saturated rings. The Morgan fingerprint density at radius 3 is 2.57 bits per heavy atom. The smallest absolute Gasteiger partial charge is 0.150 e. The van der Waals surface area contributed by atoms with Gasteiger partial charge in [-0.3, -0.25) is 14.6 Å². The van der Waals surface area contributed by atoms with Gasteiger partial charge in [0.15, 0.2) is 0 Å². The first-order valence-corrected chi connectivity index (χ1v) is 10.5. The van der Waals surface area contributed by atoms with Crippen LogP contribution in [-0.4, -0.2) is 62.1 Å². The first-order chi connectivity index (χ1) is 13.6. The molecule has 8 nitrogen and oxygen atoms in total. The van der Waals surface area contributed by atoms with Gasteiger partial charge in [0, 0.05) is 57.7 Å². The average molecular weight is 385 g/mol. The first kappa shape index (κ1) is 19.3. The molecule has 8 heteroatoms. The summed E-state index contributed by atoms with van der Waals surface area (Å²) in [5.41, 5.74) is 9.06. The lowest BCUT2D eigenvalue weighted by atomic mass is 9.97. The second-order valence-corrected chi connectivity index (χ2v) is 8.40. The third-order valence-electron chi connectivity index (χ3n) is 6.01. The maximum absolute atomic E-state index is 5.99. The standard InChI is InChI=1S/C20H32N8/c1-15-11-22-16(2)20(23-15)27-9-3-17(4-10-27)12-28-14-19(24-25-28)13-26-7-5-18(21)6-8-26/h11,14,17-18H,3-10,12-13,21H2,1-2H3. The van der Waals surface area contributed by atoms with Gasteiger partial charge in [0.1, 0.15) is 5.82 Å². The van der Waals surface area contributed by atoms with E-state index in [1.807, 2.05) is 24.7 Å². The Labute approximate surface area is 167 Å². The van der Waals surface area contributed by atoms with Crippen LogP contribution < -0.4 is 10.6 Å². The first-order valence-electron chi connectivity index (χ1n) is 10.5. The van der Waals surface area contributed by atoms with E-state index in [0.717, 1.165) is 87.9 Å². The van der Waals surface area contributed by atoms with Crippen molar-refractivity contribution < 1.29 is 0 Å². The largest absolute Gasteiger partial charge is 0.355 e. The van der Waals surface area contributed by atoms with Crippen LogP contribution in [0, 0.1) is 19.8 Å². The molecule has 0 aliphatic carbocycles. The maximum atomic E-state index is 5.99. The summed E-state index contributed by atoms with van der Waals surface area (Å²) >= 11 is 0. The highest BCUT2D eigenvalue weighted by Crippen LogP contribution is 2.24. The summed E-state index contributed by atoms with van der Waals surface area (Å²) < 4.78 is 2.03. The topological polar surface area (TPSA) is 89.0 Å². The normalized spacial score (nSPS) is 20.0. The lowest BCUT2D eigenvalue weighted by molar-refractivity contribution is 0.203. The third kappa shape index (κ3) is 4.67. The minimum atomic E-state index is 0.368. The number of nitrogens with zero attached hydrogens (tertiary/aromatic N) is 7. The van der Waals surface area contributed by atoms with E-state index in [4.69, 9.17) is 10.7 Å². The second kappa shape index (κ2) is 8.53. The number of aromatic nitrogens is 5. The van der Waals surface area contributed by atoms with Crippen molar-refractivity contribution in [2.24, 2.45) is 11.7 Å². The molecule has 0 amide bonds. The summed E-state index contributed by atoms with van der Waals surface area (Å²) in [4.78, 5) is 14.0. The van der Waals surface area contributed by atoms with Gasteiger partial charge in [-0.2, -0.15) is 0 Å². The number of anilines is 1. The van der Waals surface area contributed by atoms with E-state index in [0.29, 0.717) is 12.0 Å². The molecule has 0 radical (unpaired) electrons. The molecule has 0 atom stereocenters. The number of nitrogens with two attached hydrogens (primary N) is 1.